The van der Waals surface area contributed by atoms with Crippen molar-refractivity contribution in [2.24, 2.45) is 5.92 Å². The van der Waals surface area contributed by atoms with E-state index >= 15 is 0 Å². The molecule has 1 aliphatic heterocycles. The standard InChI is InChI=1S/C23H27FN4O3/c1-27(14-20(29)28-12-2-3-13-28)23(31)16-6-10-18-19(11-7-16)25-21(26-22(18)30)15-4-8-17(24)9-5-15/h4-5,8-9,16H,2-3,6-7,10-14H2,1H3,(H,25,26,30). The number of fused-ring (bicyclic) bond motifs is 1. The Kier molecular flexibility index (Phi) is 6.15. The minimum Gasteiger partial charge on any atom is -0.341 e. The number of nitrogens with one attached hydrogen (secondary N) is 1. The summed E-state index contributed by atoms with van der Waals surface area (Å²) in [5, 5.41) is 0. The average Bonchev–Trinajstić information content (AvgIpc) is 3.21. The first kappa shape index (κ1) is 21.2. The lowest BCUT2D eigenvalue weighted by atomic mass is 9.98. The van der Waals surface area contributed by atoms with Gasteiger partial charge in [0.25, 0.3) is 5.56 Å². The van der Waals surface area contributed by atoms with Crippen LogP contribution in [0.1, 0.15) is 36.9 Å². The molecule has 0 saturated carbocycles. The highest BCUT2D eigenvalue weighted by Gasteiger charge is 2.29. The van der Waals surface area contributed by atoms with Gasteiger partial charge in [0.2, 0.25) is 11.8 Å². The van der Waals surface area contributed by atoms with Crippen LogP contribution in [0.4, 0.5) is 4.39 Å². The average molecular weight is 426 g/mol. The van der Waals surface area contributed by atoms with Gasteiger partial charge in [0.05, 0.1) is 12.2 Å². The Morgan fingerprint density at radius 2 is 1.84 bits per heavy atom. The summed E-state index contributed by atoms with van der Waals surface area (Å²) in [5.41, 5.74) is 1.72. The zero-order chi connectivity index (χ0) is 22.0. The van der Waals surface area contributed by atoms with Gasteiger partial charge in [-0.05, 0) is 62.8 Å². The van der Waals surface area contributed by atoms with Crippen LogP contribution in [0.2, 0.25) is 0 Å². The predicted octanol–water partition coefficient (Wildman–Crippen LogP) is 2.15. The van der Waals surface area contributed by atoms with Crippen LogP contribution >= 0.6 is 0 Å². The summed E-state index contributed by atoms with van der Waals surface area (Å²) in [6, 6.07) is 5.81. The van der Waals surface area contributed by atoms with Gasteiger partial charge in [0.1, 0.15) is 11.6 Å². The maximum atomic E-state index is 13.2. The van der Waals surface area contributed by atoms with Crippen molar-refractivity contribution in [2.75, 3.05) is 26.7 Å². The van der Waals surface area contributed by atoms with Crippen LogP contribution in [0, 0.1) is 11.7 Å². The molecule has 4 rings (SSSR count). The van der Waals surface area contributed by atoms with Gasteiger partial charge in [-0.2, -0.15) is 0 Å². The Hall–Kier alpha value is -3.03. The lowest BCUT2D eigenvalue weighted by Crippen LogP contribution is -2.42. The summed E-state index contributed by atoms with van der Waals surface area (Å²) < 4.78 is 13.2. The number of carbonyl (C=O) groups excluding carboxylic acids is 2. The Bertz CT molecular complexity index is 1030. The molecule has 1 fully saturated rings. The van der Waals surface area contributed by atoms with Gasteiger partial charge in [0.15, 0.2) is 0 Å². The molecule has 1 aromatic carbocycles. The smallest absolute Gasteiger partial charge is 0.254 e. The topological polar surface area (TPSA) is 86.4 Å². The molecule has 2 amide bonds. The normalized spacial score (nSPS) is 18.4. The molecule has 1 unspecified atom stereocenters. The fourth-order valence-corrected chi connectivity index (χ4v) is 4.43. The number of nitrogens with zero attached hydrogens (tertiary/aromatic N) is 3. The molecule has 1 atom stereocenters. The minimum atomic E-state index is -0.352. The summed E-state index contributed by atoms with van der Waals surface area (Å²) in [6.07, 6.45) is 4.14. The molecular weight excluding hydrogens is 399 g/mol. The molecule has 8 heteroatoms. The van der Waals surface area contributed by atoms with E-state index in [2.05, 4.69) is 9.97 Å². The highest BCUT2D eigenvalue weighted by molar-refractivity contribution is 5.86. The molecule has 31 heavy (non-hydrogen) atoms. The third kappa shape index (κ3) is 4.68. The van der Waals surface area contributed by atoms with Gasteiger partial charge >= 0.3 is 0 Å². The van der Waals surface area contributed by atoms with Crippen LogP contribution in [0.15, 0.2) is 29.1 Å². The fraction of sp³-hybridized carbons (Fsp3) is 0.478. The number of carbonyl (C=O) groups is 2. The summed E-state index contributed by atoms with van der Waals surface area (Å²) in [5.74, 6) is -0.265. The molecular formula is C23H27FN4O3. The van der Waals surface area contributed by atoms with Crippen molar-refractivity contribution in [3.05, 3.63) is 51.7 Å². The molecule has 0 radical (unpaired) electrons. The maximum absolute atomic E-state index is 13.2. The molecule has 7 nitrogen and oxygen atoms in total. The highest BCUT2D eigenvalue weighted by atomic mass is 19.1. The van der Waals surface area contributed by atoms with E-state index in [0.717, 1.165) is 25.9 Å². The van der Waals surface area contributed by atoms with Crippen LogP contribution in [0.3, 0.4) is 0 Å². The van der Waals surface area contributed by atoms with E-state index in [-0.39, 0.29) is 35.7 Å². The second-order valence-corrected chi connectivity index (χ2v) is 8.40. The van der Waals surface area contributed by atoms with E-state index in [4.69, 9.17) is 0 Å². The first-order valence-electron chi connectivity index (χ1n) is 10.8. The van der Waals surface area contributed by atoms with Gasteiger partial charge in [-0.15, -0.1) is 0 Å². The molecule has 1 aromatic heterocycles. The molecule has 1 N–H and O–H groups in total. The SMILES string of the molecule is CN(CC(=O)N1CCCC1)C(=O)C1CCc2nc(-c3ccc(F)cc3)[nH]c(=O)c2CC1. The Morgan fingerprint density at radius 1 is 1.16 bits per heavy atom. The van der Waals surface area contributed by atoms with Crippen molar-refractivity contribution in [3.63, 3.8) is 0 Å². The third-order valence-corrected chi connectivity index (χ3v) is 6.25. The summed E-state index contributed by atoms with van der Waals surface area (Å²) in [6.45, 7) is 1.63. The number of halogens is 1. The zero-order valence-corrected chi connectivity index (χ0v) is 17.7. The number of hydrogen-bond acceptors (Lipinski definition) is 4. The second kappa shape index (κ2) is 8.99. The number of rotatable bonds is 4. The number of hydrogen-bond donors (Lipinski definition) is 1. The molecule has 1 saturated heterocycles. The van der Waals surface area contributed by atoms with E-state index in [1.54, 1.807) is 19.2 Å². The van der Waals surface area contributed by atoms with Crippen LogP contribution in [-0.4, -0.2) is 58.3 Å². The van der Waals surface area contributed by atoms with Crippen LogP contribution in [-0.2, 0) is 22.4 Å². The van der Waals surface area contributed by atoms with Crippen LogP contribution in [0.25, 0.3) is 11.4 Å². The van der Waals surface area contributed by atoms with E-state index in [1.807, 2.05) is 4.90 Å². The predicted molar refractivity (Wildman–Crippen MR) is 114 cm³/mol. The number of likely N-dealkylation sites (N-methyl/N-ethyl adjacent to an activating group) is 1. The first-order valence-corrected chi connectivity index (χ1v) is 10.8. The summed E-state index contributed by atoms with van der Waals surface area (Å²) in [7, 11) is 1.67. The van der Waals surface area contributed by atoms with E-state index < -0.39 is 0 Å². The molecule has 2 heterocycles. The Morgan fingerprint density at radius 3 is 2.55 bits per heavy atom. The van der Waals surface area contributed by atoms with Gasteiger partial charge in [0, 0.05) is 37.2 Å². The molecule has 2 aromatic rings. The van der Waals surface area contributed by atoms with Crippen molar-refractivity contribution >= 4 is 11.8 Å². The van der Waals surface area contributed by atoms with Gasteiger partial charge in [-0.25, -0.2) is 9.37 Å². The minimum absolute atomic E-state index is 0.00712. The molecule has 2 aliphatic rings. The largest absolute Gasteiger partial charge is 0.341 e. The summed E-state index contributed by atoms with van der Waals surface area (Å²) in [4.78, 5) is 48.7. The van der Waals surface area contributed by atoms with E-state index in [9.17, 15) is 18.8 Å². The zero-order valence-electron chi connectivity index (χ0n) is 17.7. The second-order valence-electron chi connectivity index (χ2n) is 8.40. The number of amides is 2. The van der Waals surface area contributed by atoms with Crippen LogP contribution in [0.5, 0.6) is 0 Å². The van der Waals surface area contributed by atoms with Crippen LogP contribution < -0.4 is 5.56 Å². The Balaban J connectivity index is 1.45. The van der Waals surface area contributed by atoms with E-state index in [1.165, 1.54) is 17.0 Å². The van der Waals surface area contributed by atoms with Crippen molar-refractivity contribution < 1.29 is 14.0 Å². The molecule has 0 spiro atoms. The maximum Gasteiger partial charge on any atom is 0.254 e. The van der Waals surface area contributed by atoms with Gasteiger partial charge in [-0.1, -0.05) is 0 Å². The number of aromatic amines is 1. The lowest BCUT2D eigenvalue weighted by Gasteiger charge is -2.24. The van der Waals surface area contributed by atoms with Crippen molar-refractivity contribution in [2.45, 2.75) is 38.5 Å². The molecule has 1 aliphatic carbocycles. The van der Waals surface area contributed by atoms with Gasteiger partial charge in [-0.3, -0.25) is 14.4 Å². The number of H-pyrrole nitrogens is 1. The molecule has 164 valence electrons. The summed E-state index contributed by atoms with van der Waals surface area (Å²) >= 11 is 0. The molecule has 0 bridgehead atoms. The first-order chi connectivity index (χ1) is 14.9. The number of aryl methyl sites for hydroxylation is 1. The quantitative estimate of drug-likeness (QED) is 0.759. The monoisotopic (exact) mass is 426 g/mol. The number of aromatic nitrogens is 2. The van der Waals surface area contributed by atoms with Crippen molar-refractivity contribution in [3.8, 4) is 11.4 Å². The Labute approximate surface area is 180 Å². The fourth-order valence-electron chi connectivity index (χ4n) is 4.43. The lowest BCUT2D eigenvalue weighted by molar-refractivity contribution is -0.141. The van der Waals surface area contributed by atoms with E-state index in [0.29, 0.717) is 48.3 Å². The van der Waals surface area contributed by atoms with Crippen molar-refractivity contribution in [1.82, 2.24) is 19.8 Å². The number of likely N-dealkylation sites (tertiary alicyclic amines) is 1. The third-order valence-electron chi connectivity index (χ3n) is 6.25. The van der Waals surface area contributed by atoms with Crippen molar-refractivity contribution in [1.29, 1.82) is 0 Å². The highest BCUT2D eigenvalue weighted by Crippen LogP contribution is 2.25. The van der Waals surface area contributed by atoms with Gasteiger partial charge < -0.3 is 14.8 Å². The number of benzene rings is 1.